The number of benzene rings is 1. The summed E-state index contributed by atoms with van der Waals surface area (Å²) in [4.78, 5) is 8.49. The van der Waals surface area contributed by atoms with Crippen molar-refractivity contribution in [1.29, 1.82) is 0 Å². The minimum absolute atomic E-state index is 0.0224. The van der Waals surface area contributed by atoms with Crippen LogP contribution in [0.1, 0.15) is 22.5 Å². The van der Waals surface area contributed by atoms with Crippen LogP contribution in [0.15, 0.2) is 24.3 Å². The van der Waals surface area contributed by atoms with Gasteiger partial charge in [-0.25, -0.2) is 9.97 Å². The minimum atomic E-state index is -4.41. The third-order valence-corrected chi connectivity index (χ3v) is 3.81. The first-order valence-corrected chi connectivity index (χ1v) is 7.44. The normalized spacial score (nSPS) is 11.7. The first kappa shape index (κ1) is 15.2. The third-order valence-electron chi connectivity index (χ3n) is 3.09. The molecule has 0 bridgehead atoms. The maximum atomic E-state index is 13.0. The molecule has 0 saturated heterocycles. The molecule has 2 nitrogen and oxygen atoms in total. The Kier molecular flexibility index (Phi) is 4.31. The lowest BCUT2D eigenvalue weighted by molar-refractivity contribution is -0.137. The highest BCUT2D eigenvalue weighted by Gasteiger charge is 2.34. The summed E-state index contributed by atoms with van der Waals surface area (Å²) in [6, 6.07) is 5.39. The molecular weight excluding hydrogens is 380 g/mol. The number of rotatable bonds is 2. The van der Waals surface area contributed by atoms with Crippen molar-refractivity contribution in [2.24, 2.45) is 0 Å². The van der Waals surface area contributed by atoms with Crippen molar-refractivity contribution >= 4 is 22.6 Å². The molecule has 0 aliphatic carbocycles. The van der Waals surface area contributed by atoms with E-state index >= 15 is 0 Å². The number of hydrogen-bond donors (Lipinski definition) is 0. The smallest absolute Gasteiger partial charge is 0.233 e. The van der Waals surface area contributed by atoms with Gasteiger partial charge in [-0.3, -0.25) is 0 Å². The van der Waals surface area contributed by atoms with Gasteiger partial charge in [0.25, 0.3) is 0 Å². The quantitative estimate of drug-likeness (QED) is 0.547. The SMILES string of the molecule is Cc1nc(-c2ccccc2C(F)(F)F)nc(CI)c1C. The van der Waals surface area contributed by atoms with Crippen molar-refractivity contribution in [2.45, 2.75) is 24.5 Å². The summed E-state index contributed by atoms with van der Waals surface area (Å²) < 4.78 is 39.8. The molecule has 0 amide bonds. The Balaban J connectivity index is 2.67. The molecule has 0 spiro atoms. The van der Waals surface area contributed by atoms with Crippen LogP contribution in [0.5, 0.6) is 0 Å². The molecule has 0 unspecified atom stereocenters. The van der Waals surface area contributed by atoms with Gasteiger partial charge in [-0.1, -0.05) is 40.8 Å². The number of hydrogen-bond acceptors (Lipinski definition) is 2. The minimum Gasteiger partial charge on any atom is -0.233 e. The van der Waals surface area contributed by atoms with Crippen LogP contribution < -0.4 is 0 Å². The molecule has 0 aliphatic rings. The fourth-order valence-electron chi connectivity index (χ4n) is 1.86. The second-order valence-corrected chi connectivity index (χ2v) is 5.14. The Bertz CT molecular complexity index is 639. The maximum absolute atomic E-state index is 13.0. The second kappa shape index (κ2) is 5.67. The Morgan fingerprint density at radius 2 is 1.75 bits per heavy atom. The summed E-state index contributed by atoms with van der Waals surface area (Å²) in [5.74, 6) is 0.132. The van der Waals surface area contributed by atoms with E-state index in [2.05, 4.69) is 32.6 Å². The fourth-order valence-corrected chi connectivity index (χ4v) is 2.61. The van der Waals surface area contributed by atoms with Gasteiger partial charge >= 0.3 is 6.18 Å². The monoisotopic (exact) mass is 392 g/mol. The molecule has 1 aromatic carbocycles. The number of aromatic nitrogens is 2. The summed E-state index contributed by atoms with van der Waals surface area (Å²) in [5.41, 5.74) is 1.72. The molecule has 2 rings (SSSR count). The molecule has 0 atom stereocenters. The number of aryl methyl sites for hydroxylation is 1. The summed E-state index contributed by atoms with van der Waals surface area (Å²) in [6.45, 7) is 3.66. The molecule has 2 aromatic rings. The molecule has 6 heteroatoms. The average Bonchev–Trinajstić information content (AvgIpc) is 2.40. The van der Waals surface area contributed by atoms with E-state index in [1.54, 1.807) is 13.0 Å². The van der Waals surface area contributed by atoms with E-state index in [4.69, 9.17) is 0 Å². The highest BCUT2D eigenvalue weighted by atomic mass is 127. The summed E-state index contributed by atoms with van der Waals surface area (Å²) in [7, 11) is 0. The van der Waals surface area contributed by atoms with Crippen molar-refractivity contribution in [2.75, 3.05) is 0 Å². The van der Waals surface area contributed by atoms with E-state index in [0.29, 0.717) is 10.1 Å². The van der Waals surface area contributed by atoms with Crippen LogP contribution in [0.3, 0.4) is 0 Å². The van der Waals surface area contributed by atoms with Crippen LogP contribution in [-0.2, 0) is 10.6 Å². The standard InChI is InChI=1S/C14H12F3IN2/c1-8-9(2)19-13(20-12(8)7-18)10-5-3-4-6-11(10)14(15,16)17/h3-6H,7H2,1-2H3. The summed E-state index contributed by atoms with van der Waals surface area (Å²) in [6.07, 6.45) is -4.41. The number of nitrogens with zero attached hydrogens (tertiary/aromatic N) is 2. The number of halogens is 4. The van der Waals surface area contributed by atoms with Crippen LogP contribution in [0.25, 0.3) is 11.4 Å². The van der Waals surface area contributed by atoms with Crippen molar-refractivity contribution < 1.29 is 13.2 Å². The van der Waals surface area contributed by atoms with Gasteiger partial charge in [0.2, 0.25) is 0 Å². The van der Waals surface area contributed by atoms with E-state index in [-0.39, 0.29) is 11.4 Å². The zero-order chi connectivity index (χ0) is 14.9. The summed E-state index contributed by atoms with van der Waals surface area (Å²) in [5, 5.41) is 0. The van der Waals surface area contributed by atoms with Gasteiger partial charge in [-0.05, 0) is 25.5 Å². The molecule has 0 radical (unpaired) electrons. The Hall–Kier alpha value is -1.18. The molecule has 1 heterocycles. The molecular formula is C14H12F3IN2. The first-order chi connectivity index (χ1) is 9.34. The van der Waals surface area contributed by atoms with Crippen LogP contribution in [-0.4, -0.2) is 9.97 Å². The Morgan fingerprint density at radius 1 is 1.10 bits per heavy atom. The van der Waals surface area contributed by atoms with E-state index in [1.165, 1.54) is 12.1 Å². The number of alkyl halides is 4. The molecule has 0 N–H and O–H groups in total. The van der Waals surface area contributed by atoms with E-state index < -0.39 is 11.7 Å². The lowest BCUT2D eigenvalue weighted by Gasteiger charge is -2.13. The summed E-state index contributed by atoms with van der Waals surface area (Å²) >= 11 is 2.14. The lowest BCUT2D eigenvalue weighted by Crippen LogP contribution is -2.09. The van der Waals surface area contributed by atoms with Crippen LogP contribution in [0.4, 0.5) is 13.2 Å². The molecule has 0 saturated carbocycles. The first-order valence-electron chi connectivity index (χ1n) is 5.91. The molecule has 20 heavy (non-hydrogen) atoms. The van der Waals surface area contributed by atoms with Crippen molar-refractivity contribution in [3.8, 4) is 11.4 Å². The van der Waals surface area contributed by atoms with Crippen LogP contribution in [0.2, 0.25) is 0 Å². The van der Waals surface area contributed by atoms with Gasteiger partial charge in [0.15, 0.2) is 5.82 Å². The second-order valence-electron chi connectivity index (χ2n) is 4.38. The van der Waals surface area contributed by atoms with E-state index in [9.17, 15) is 13.2 Å². The van der Waals surface area contributed by atoms with Gasteiger partial charge in [0.05, 0.1) is 11.3 Å². The van der Waals surface area contributed by atoms with Crippen molar-refractivity contribution in [1.82, 2.24) is 9.97 Å². The molecule has 106 valence electrons. The Morgan fingerprint density at radius 3 is 2.35 bits per heavy atom. The Labute approximate surface area is 128 Å². The third kappa shape index (κ3) is 2.94. The average molecular weight is 392 g/mol. The largest absolute Gasteiger partial charge is 0.417 e. The van der Waals surface area contributed by atoms with E-state index in [0.717, 1.165) is 17.3 Å². The fraction of sp³-hybridized carbons (Fsp3) is 0.286. The van der Waals surface area contributed by atoms with Crippen molar-refractivity contribution in [3.05, 3.63) is 46.8 Å². The van der Waals surface area contributed by atoms with Gasteiger partial charge in [0.1, 0.15) is 0 Å². The molecule has 1 aromatic heterocycles. The lowest BCUT2D eigenvalue weighted by atomic mass is 10.1. The predicted octanol–water partition coefficient (Wildman–Crippen LogP) is 4.71. The highest BCUT2D eigenvalue weighted by Crippen LogP contribution is 2.36. The molecule has 0 fully saturated rings. The topological polar surface area (TPSA) is 25.8 Å². The predicted molar refractivity (Wildman–Crippen MR) is 79.7 cm³/mol. The van der Waals surface area contributed by atoms with Gasteiger partial charge < -0.3 is 0 Å². The maximum Gasteiger partial charge on any atom is 0.417 e. The highest BCUT2D eigenvalue weighted by molar-refractivity contribution is 14.1. The van der Waals surface area contributed by atoms with Crippen molar-refractivity contribution in [3.63, 3.8) is 0 Å². The molecule has 0 aliphatic heterocycles. The van der Waals surface area contributed by atoms with E-state index in [1.807, 2.05) is 6.92 Å². The zero-order valence-corrected chi connectivity index (χ0v) is 13.1. The zero-order valence-electron chi connectivity index (χ0n) is 10.9. The van der Waals surface area contributed by atoms with Gasteiger partial charge in [-0.2, -0.15) is 13.2 Å². The van der Waals surface area contributed by atoms with Crippen LogP contribution in [0, 0.1) is 13.8 Å². The van der Waals surface area contributed by atoms with Crippen LogP contribution >= 0.6 is 22.6 Å². The van der Waals surface area contributed by atoms with Gasteiger partial charge in [-0.15, -0.1) is 0 Å². The van der Waals surface area contributed by atoms with Gasteiger partial charge in [0, 0.05) is 15.7 Å².